The second-order valence-corrected chi connectivity index (χ2v) is 8.24. The van der Waals surface area contributed by atoms with Gasteiger partial charge in [0, 0.05) is 19.5 Å². The molecule has 6 heteroatoms. The van der Waals surface area contributed by atoms with Crippen LogP contribution in [0.25, 0.3) is 11.0 Å². The zero-order chi connectivity index (χ0) is 23.2. The largest absolute Gasteiger partial charge is 0.483 e. The summed E-state index contributed by atoms with van der Waals surface area (Å²) in [5.74, 6) is 1.29. The number of nitrogens with zero attached hydrogens (tertiary/aromatic N) is 2. The molecule has 33 heavy (non-hydrogen) atoms. The number of amides is 1. The number of carbonyl (C=O) groups is 1. The van der Waals surface area contributed by atoms with E-state index in [0.717, 1.165) is 45.7 Å². The summed E-state index contributed by atoms with van der Waals surface area (Å²) in [4.78, 5) is 17.0. The fourth-order valence-electron chi connectivity index (χ4n) is 3.80. The Morgan fingerprint density at radius 2 is 1.85 bits per heavy atom. The van der Waals surface area contributed by atoms with Gasteiger partial charge in [-0.25, -0.2) is 9.37 Å². The van der Waals surface area contributed by atoms with Gasteiger partial charge in [0.25, 0.3) is 5.91 Å². The Bertz CT molecular complexity index is 1250. The molecule has 4 rings (SSSR count). The van der Waals surface area contributed by atoms with E-state index in [9.17, 15) is 9.18 Å². The highest BCUT2D eigenvalue weighted by atomic mass is 19.1. The van der Waals surface area contributed by atoms with Gasteiger partial charge in [0.15, 0.2) is 6.61 Å². The molecule has 0 atom stereocenters. The van der Waals surface area contributed by atoms with E-state index in [-0.39, 0.29) is 18.3 Å². The molecular formula is C27H28FN3O2. The Labute approximate surface area is 193 Å². The molecule has 0 spiro atoms. The van der Waals surface area contributed by atoms with Gasteiger partial charge in [-0.05, 0) is 67.3 Å². The molecular weight excluding hydrogens is 417 g/mol. The summed E-state index contributed by atoms with van der Waals surface area (Å²) in [6.07, 6.45) is 1.47. The van der Waals surface area contributed by atoms with Crippen molar-refractivity contribution in [1.29, 1.82) is 0 Å². The molecule has 3 aromatic carbocycles. The van der Waals surface area contributed by atoms with Gasteiger partial charge in [-0.2, -0.15) is 0 Å². The first-order valence-corrected chi connectivity index (χ1v) is 11.1. The number of para-hydroxylation sites is 2. The maximum atomic E-state index is 13.3. The summed E-state index contributed by atoms with van der Waals surface area (Å²) < 4.78 is 21.1. The van der Waals surface area contributed by atoms with E-state index in [2.05, 4.69) is 9.88 Å². The molecule has 170 valence electrons. The number of halogens is 1. The van der Waals surface area contributed by atoms with Gasteiger partial charge in [-0.1, -0.05) is 36.4 Å². The number of rotatable bonds is 9. The lowest BCUT2D eigenvalue weighted by Crippen LogP contribution is -2.30. The molecule has 1 heterocycles. The number of hydrogen-bond acceptors (Lipinski definition) is 3. The Kier molecular flexibility index (Phi) is 7.03. The third-order valence-corrected chi connectivity index (χ3v) is 5.59. The molecule has 0 aliphatic heterocycles. The summed E-state index contributed by atoms with van der Waals surface area (Å²) >= 11 is 0. The van der Waals surface area contributed by atoms with Crippen molar-refractivity contribution in [3.63, 3.8) is 0 Å². The number of aryl methyl sites for hydroxylation is 3. The first-order chi connectivity index (χ1) is 16.0. The molecule has 0 fully saturated rings. The van der Waals surface area contributed by atoms with Gasteiger partial charge in [-0.15, -0.1) is 0 Å². The van der Waals surface area contributed by atoms with Crippen LogP contribution in [0.15, 0.2) is 66.7 Å². The van der Waals surface area contributed by atoms with Crippen molar-refractivity contribution in [3.8, 4) is 5.75 Å². The Balaban J connectivity index is 1.34. The van der Waals surface area contributed by atoms with Crippen molar-refractivity contribution < 1.29 is 13.9 Å². The van der Waals surface area contributed by atoms with E-state index in [1.54, 1.807) is 12.1 Å². The van der Waals surface area contributed by atoms with Crippen LogP contribution >= 0.6 is 0 Å². The van der Waals surface area contributed by atoms with Crippen molar-refractivity contribution in [1.82, 2.24) is 14.9 Å². The van der Waals surface area contributed by atoms with Crippen molar-refractivity contribution in [2.75, 3.05) is 13.2 Å². The fourth-order valence-corrected chi connectivity index (χ4v) is 3.80. The standard InChI is InChI=1S/C27H28FN3O2/c1-19-9-10-20(2)25(16-19)33-18-27(32)29-15-5-8-26-30-23-6-3-4-7-24(23)31(26)17-21-11-13-22(28)14-12-21/h3-4,6-7,9-14,16H,5,8,15,17-18H2,1-2H3,(H,29,32). The third kappa shape index (κ3) is 5.77. The van der Waals surface area contributed by atoms with Gasteiger partial charge in [0.05, 0.1) is 11.0 Å². The van der Waals surface area contributed by atoms with E-state index < -0.39 is 0 Å². The van der Waals surface area contributed by atoms with Crippen molar-refractivity contribution in [2.45, 2.75) is 33.2 Å². The highest BCUT2D eigenvalue weighted by Crippen LogP contribution is 2.20. The summed E-state index contributed by atoms with van der Waals surface area (Å²) in [5, 5.41) is 2.92. The fraction of sp³-hybridized carbons (Fsp3) is 0.259. The summed E-state index contributed by atoms with van der Waals surface area (Å²) in [6.45, 7) is 5.11. The maximum absolute atomic E-state index is 13.3. The summed E-state index contributed by atoms with van der Waals surface area (Å²) in [6, 6.07) is 20.5. The van der Waals surface area contributed by atoms with Crippen LogP contribution in [-0.4, -0.2) is 28.6 Å². The number of benzene rings is 3. The van der Waals surface area contributed by atoms with Crippen molar-refractivity contribution in [3.05, 3.63) is 95.1 Å². The molecule has 1 aromatic heterocycles. The minimum Gasteiger partial charge on any atom is -0.483 e. The van der Waals surface area contributed by atoms with Crippen molar-refractivity contribution in [2.24, 2.45) is 0 Å². The van der Waals surface area contributed by atoms with Crippen LogP contribution in [0.2, 0.25) is 0 Å². The second kappa shape index (κ2) is 10.3. The number of ether oxygens (including phenoxy) is 1. The highest BCUT2D eigenvalue weighted by Gasteiger charge is 2.11. The second-order valence-electron chi connectivity index (χ2n) is 8.24. The lowest BCUT2D eigenvalue weighted by Gasteiger charge is -2.11. The third-order valence-electron chi connectivity index (χ3n) is 5.59. The molecule has 0 aliphatic carbocycles. The monoisotopic (exact) mass is 445 g/mol. The first-order valence-electron chi connectivity index (χ1n) is 11.1. The van der Waals surface area contributed by atoms with Crippen LogP contribution in [0.1, 0.15) is 28.9 Å². The lowest BCUT2D eigenvalue weighted by atomic mass is 10.1. The lowest BCUT2D eigenvalue weighted by molar-refractivity contribution is -0.123. The average Bonchev–Trinajstić information content (AvgIpc) is 3.16. The number of imidazole rings is 1. The van der Waals surface area contributed by atoms with Gasteiger partial charge in [0.2, 0.25) is 0 Å². The zero-order valence-electron chi connectivity index (χ0n) is 19.0. The predicted octanol–water partition coefficient (Wildman–Crippen LogP) is 4.97. The number of fused-ring (bicyclic) bond motifs is 1. The van der Waals surface area contributed by atoms with Crippen LogP contribution in [0.3, 0.4) is 0 Å². The topological polar surface area (TPSA) is 56.1 Å². The van der Waals surface area contributed by atoms with E-state index >= 15 is 0 Å². The average molecular weight is 446 g/mol. The smallest absolute Gasteiger partial charge is 0.257 e. The summed E-state index contributed by atoms with van der Waals surface area (Å²) in [5.41, 5.74) is 5.09. The quantitative estimate of drug-likeness (QED) is 0.370. The molecule has 0 unspecified atom stereocenters. The zero-order valence-corrected chi connectivity index (χ0v) is 19.0. The predicted molar refractivity (Wildman–Crippen MR) is 128 cm³/mol. The number of hydrogen-bond donors (Lipinski definition) is 1. The normalized spacial score (nSPS) is 11.0. The minimum absolute atomic E-state index is 0.00657. The van der Waals surface area contributed by atoms with Crippen LogP contribution in [-0.2, 0) is 17.8 Å². The molecule has 4 aromatic rings. The van der Waals surface area contributed by atoms with E-state index in [0.29, 0.717) is 19.5 Å². The molecule has 1 amide bonds. The molecule has 0 aliphatic rings. The SMILES string of the molecule is Cc1ccc(C)c(OCC(=O)NCCCc2nc3ccccc3n2Cc2ccc(F)cc2)c1. The van der Waals surface area contributed by atoms with Gasteiger partial charge >= 0.3 is 0 Å². The van der Waals surface area contributed by atoms with Crippen LogP contribution in [0.4, 0.5) is 4.39 Å². The number of nitrogens with one attached hydrogen (secondary N) is 1. The van der Waals surface area contributed by atoms with E-state index in [4.69, 9.17) is 9.72 Å². The van der Waals surface area contributed by atoms with Gasteiger partial charge in [-0.3, -0.25) is 4.79 Å². The molecule has 0 saturated heterocycles. The van der Waals surface area contributed by atoms with Gasteiger partial charge < -0.3 is 14.6 Å². The Hall–Kier alpha value is -3.67. The number of carbonyl (C=O) groups excluding carboxylic acids is 1. The summed E-state index contributed by atoms with van der Waals surface area (Å²) in [7, 11) is 0. The van der Waals surface area contributed by atoms with Crippen LogP contribution in [0, 0.1) is 19.7 Å². The maximum Gasteiger partial charge on any atom is 0.257 e. The Morgan fingerprint density at radius 1 is 1.06 bits per heavy atom. The van der Waals surface area contributed by atoms with Gasteiger partial charge in [0.1, 0.15) is 17.4 Å². The van der Waals surface area contributed by atoms with Crippen LogP contribution in [0.5, 0.6) is 5.75 Å². The minimum atomic E-state index is -0.244. The van der Waals surface area contributed by atoms with E-state index in [1.807, 2.05) is 56.3 Å². The highest BCUT2D eigenvalue weighted by molar-refractivity contribution is 5.77. The van der Waals surface area contributed by atoms with Crippen LogP contribution < -0.4 is 10.1 Å². The molecule has 0 radical (unpaired) electrons. The van der Waals surface area contributed by atoms with Crippen molar-refractivity contribution >= 4 is 16.9 Å². The number of aromatic nitrogens is 2. The van der Waals surface area contributed by atoms with E-state index in [1.165, 1.54) is 12.1 Å². The molecule has 0 saturated carbocycles. The molecule has 5 nitrogen and oxygen atoms in total. The molecule has 0 bridgehead atoms. The Morgan fingerprint density at radius 3 is 2.67 bits per heavy atom. The molecule has 1 N–H and O–H groups in total. The first kappa shape index (κ1) is 22.5.